The highest BCUT2D eigenvalue weighted by Gasteiger charge is 2.15. The van der Waals surface area contributed by atoms with Crippen molar-refractivity contribution in [3.05, 3.63) is 24.0 Å². The van der Waals surface area contributed by atoms with Gasteiger partial charge in [-0.15, -0.1) is 12.4 Å². The highest BCUT2D eigenvalue weighted by Crippen LogP contribution is 2.19. The average molecular weight is 287 g/mol. The molecular weight excluding hydrogens is 271 g/mol. The molecule has 5 nitrogen and oxygen atoms in total. The Balaban J connectivity index is 0.00000180. The summed E-state index contributed by atoms with van der Waals surface area (Å²) in [6.07, 6.45) is 0.546. The minimum absolute atomic E-state index is 0. The molecule has 7 heteroatoms. The van der Waals surface area contributed by atoms with Crippen molar-refractivity contribution in [3.8, 4) is 0 Å². The quantitative estimate of drug-likeness (QED) is 0.904. The van der Waals surface area contributed by atoms with Gasteiger partial charge in [0.05, 0.1) is 17.1 Å². The molecule has 104 valence electrons. The van der Waals surface area contributed by atoms with Crippen molar-refractivity contribution in [3.63, 3.8) is 0 Å². The Hall–Kier alpha value is -1.66. The first-order valence-electron chi connectivity index (χ1n) is 5.71. The van der Waals surface area contributed by atoms with Gasteiger partial charge in [-0.25, -0.2) is 9.37 Å². The summed E-state index contributed by atoms with van der Waals surface area (Å²) in [6.45, 7) is 1.83. The normalized spacial score (nSPS) is 12.0. The van der Waals surface area contributed by atoms with E-state index in [1.807, 2.05) is 6.92 Å². The van der Waals surface area contributed by atoms with Gasteiger partial charge in [0.25, 0.3) is 0 Å². The lowest BCUT2D eigenvalue weighted by Gasteiger charge is -2.09. The van der Waals surface area contributed by atoms with Crippen LogP contribution in [0.15, 0.2) is 18.2 Å². The van der Waals surface area contributed by atoms with Crippen molar-refractivity contribution in [1.29, 1.82) is 0 Å². The van der Waals surface area contributed by atoms with Crippen LogP contribution in [0.1, 0.15) is 13.3 Å². The van der Waals surface area contributed by atoms with E-state index in [0.29, 0.717) is 17.9 Å². The maximum atomic E-state index is 13.1. The first-order chi connectivity index (χ1) is 8.52. The third-order valence-corrected chi connectivity index (χ3v) is 2.85. The highest BCUT2D eigenvalue weighted by molar-refractivity contribution is 5.94. The van der Waals surface area contributed by atoms with Gasteiger partial charge in [-0.1, -0.05) is 6.92 Å². The zero-order valence-corrected chi connectivity index (χ0v) is 11.5. The number of fused-ring (bicyclic) bond motifs is 1. The van der Waals surface area contributed by atoms with Crippen molar-refractivity contribution >= 4 is 35.3 Å². The molecule has 0 fully saturated rings. The van der Waals surface area contributed by atoms with E-state index in [1.54, 1.807) is 17.7 Å². The molecule has 1 atom stereocenters. The molecule has 0 saturated carbocycles. The molecule has 0 aliphatic carbocycles. The number of hydrogen-bond acceptors (Lipinski definition) is 3. The van der Waals surface area contributed by atoms with Crippen molar-refractivity contribution in [2.45, 2.75) is 19.4 Å². The van der Waals surface area contributed by atoms with E-state index in [2.05, 4.69) is 10.3 Å². The summed E-state index contributed by atoms with van der Waals surface area (Å²) in [4.78, 5) is 15.8. The van der Waals surface area contributed by atoms with Crippen molar-refractivity contribution in [2.24, 2.45) is 12.8 Å². The first-order valence-corrected chi connectivity index (χ1v) is 5.71. The minimum atomic E-state index is -0.568. The molecule has 3 N–H and O–H groups in total. The molecule has 0 bridgehead atoms. The van der Waals surface area contributed by atoms with Gasteiger partial charge in [-0.05, 0) is 18.6 Å². The van der Waals surface area contributed by atoms with Crippen LogP contribution >= 0.6 is 12.4 Å². The lowest BCUT2D eigenvalue weighted by atomic mass is 10.2. The second kappa shape index (κ2) is 5.99. The maximum absolute atomic E-state index is 13.1. The average Bonchev–Trinajstić information content (AvgIpc) is 2.64. The van der Waals surface area contributed by atoms with Crippen molar-refractivity contribution < 1.29 is 9.18 Å². The summed E-state index contributed by atoms with van der Waals surface area (Å²) in [5, 5.41) is 2.64. The molecule has 19 heavy (non-hydrogen) atoms. The Morgan fingerprint density at radius 1 is 1.58 bits per heavy atom. The monoisotopic (exact) mass is 286 g/mol. The van der Waals surface area contributed by atoms with Gasteiger partial charge in [0.15, 0.2) is 0 Å². The number of amides is 1. The number of hydrogen-bond donors (Lipinski definition) is 2. The Bertz CT molecular complexity index is 599. The van der Waals surface area contributed by atoms with Crippen LogP contribution in [-0.2, 0) is 11.8 Å². The fraction of sp³-hybridized carbons (Fsp3) is 0.333. The van der Waals surface area contributed by atoms with E-state index in [1.165, 1.54) is 12.1 Å². The Kier molecular flexibility index (Phi) is 4.85. The third-order valence-electron chi connectivity index (χ3n) is 2.85. The molecule has 1 amide bonds. The summed E-state index contributed by atoms with van der Waals surface area (Å²) in [5.41, 5.74) is 6.87. The van der Waals surface area contributed by atoms with E-state index in [9.17, 15) is 9.18 Å². The maximum Gasteiger partial charge on any atom is 0.243 e. The topological polar surface area (TPSA) is 72.9 Å². The second-order valence-corrected chi connectivity index (χ2v) is 4.13. The largest absolute Gasteiger partial charge is 0.320 e. The number of aryl methyl sites for hydroxylation is 1. The molecule has 2 rings (SSSR count). The molecule has 0 radical (unpaired) electrons. The van der Waals surface area contributed by atoms with Crippen LogP contribution in [0, 0.1) is 5.82 Å². The third kappa shape index (κ3) is 3.02. The van der Waals surface area contributed by atoms with Gasteiger partial charge in [-0.3, -0.25) is 10.1 Å². The van der Waals surface area contributed by atoms with Gasteiger partial charge in [0.2, 0.25) is 11.9 Å². The predicted octanol–water partition coefficient (Wildman–Crippen LogP) is 1.81. The number of rotatable bonds is 3. The molecule has 0 aliphatic rings. The number of nitrogens with two attached hydrogens (primary N) is 1. The Morgan fingerprint density at radius 2 is 2.26 bits per heavy atom. The van der Waals surface area contributed by atoms with Crippen LogP contribution < -0.4 is 11.1 Å². The van der Waals surface area contributed by atoms with Gasteiger partial charge >= 0.3 is 0 Å². The highest BCUT2D eigenvalue weighted by atomic mass is 35.5. The summed E-state index contributed by atoms with van der Waals surface area (Å²) < 4.78 is 14.8. The number of anilines is 1. The number of carbonyl (C=O) groups is 1. The van der Waals surface area contributed by atoms with E-state index in [0.717, 1.165) is 5.52 Å². The molecule has 0 unspecified atom stereocenters. The summed E-state index contributed by atoms with van der Waals surface area (Å²) in [7, 11) is 1.75. The van der Waals surface area contributed by atoms with E-state index in [-0.39, 0.29) is 24.1 Å². The smallest absolute Gasteiger partial charge is 0.243 e. The van der Waals surface area contributed by atoms with Crippen molar-refractivity contribution in [1.82, 2.24) is 9.55 Å². The van der Waals surface area contributed by atoms with Crippen LogP contribution in [0.4, 0.5) is 10.3 Å². The fourth-order valence-corrected chi connectivity index (χ4v) is 1.67. The number of aromatic nitrogens is 2. The summed E-state index contributed by atoms with van der Waals surface area (Å²) in [5.74, 6) is -0.287. The fourth-order valence-electron chi connectivity index (χ4n) is 1.67. The minimum Gasteiger partial charge on any atom is -0.320 e. The number of nitrogens with one attached hydrogen (secondary N) is 1. The molecule has 0 spiro atoms. The van der Waals surface area contributed by atoms with Crippen molar-refractivity contribution in [2.75, 3.05) is 5.32 Å². The number of benzene rings is 1. The molecule has 1 aromatic heterocycles. The molecule has 0 aliphatic heterocycles. The zero-order chi connectivity index (χ0) is 13.3. The predicted molar refractivity (Wildman–Crippen MR) is 74.8 cm³/mol. The number of carbonyl (C=O) groups excluding carboxylic acids is 1. The standard InChI is InChI=1S/C12H15FN4O.ClH/c1-3-8(14)11(18)16-12-15-9-6-7(13)4-5-10(9)17(12)2;/h4-6,8H,3,14H2,1-2H3,(H,15,16,18);1H/t8-;/m0./s1. The molecule has 1 aromatic carbocycles. The molecule has 2 aromatic rings. The van der Waals surface area contributed by atoms with E-state index < -0.39 is 6.04 Å². The van der Waals surface area contributed by atoms with Gasteiger partial charge in [0, 0.05) is 13.1 Å². The van der Waals surface area contributed by atoms with Gasteiger partial charge in [0.1, 0.15) is 5.82 Å². The Labute approximate surface area is 116 Å². The van der Waals surface area contributed by atoms with E-state index >= 15 is 0 Å². The van der Waals surface area contributed by atoms with Crippen LogP contribution in [-0.4, -0.2) is 21.5 Å². The van der Waals surface area contributed by atoms with Crippen LogP contribution in [0.25, 0.3) is 11.0 Å². The number of halogens is 2. The molecular formula is C12H16ClFN4O. The number of nitrogens with zero attached hydrogens (tertiary/aromatic N) is 2. The summed E-state index contributed by atoms with van der Waals surface area (Å²) in [6, 6.07) is 3.73. The zero-order valence-electron chi connectivity index (χ0n) is 10.7. The number of imidazole rings is 1. The van der Waals surface area contributed by atoms with Gasteiger partial charge in [-0.2, -0.15) is 0 Å². The molecule has 0 saturated heterocycles. The molecule has 1 heterocycles. The van der Waals surface area contributed by atoms with Crippen LogP contribution in [0.5, 0.6) is 0 Å². The van der Waals surface area contributed by atoms with E-state index in [4.69, 9.17) is 5.73 Å². The van der Waals surface area contributed by atoms with Crippen LogP contribution in [0.3, 0.4) is 0 Å². The van der Waals surface area contributed by atoms with Crippen LogP contribution in [0.2, 0.25) is 0 Å². The SMILES string of the molecule is CC[C@H](N)C(=O)Nc1nc2cc(F)ccc2n1C.Cl. The second-order valence-electron chi connectivity index (χ2n) is 4.13. The lowest BCUT2D eigenvalue weighted by Crippen LogP contribution is -2.35. The summed E-state index contributed by atoms with van der Waals surface area (Å²) >= 11 is 0. The first kappa shape index (κ1) is 15.4. The Morgan fingerprint density at radius 3 is 2.89 bits per heavy atom. The lowest BCUT2D eigenvalue weighted by molar-refractivity contribution is -0.117. The van der Waals surface area contributed by atoms with Gasteiger partial charge < -0.3 is 10.3 Å².